The van der Waals surface area contributed by atoms with Crippen LogP contribution in [0.5, 0.6) is 0 Å². The van der Waals surface area contributed by atoms with Crippen LogP contribution in [-0.4, -0.2) is 43.6 Å². The number of halogens is 1. The molecule has 24 heavy (non-hydrogen) atoms. The summed E-state index contributed by atoms with van der Waals surface area (Å²) in [5, 5.41) is 3.41. The van der Waals surface area contributed by atoms with Crippen LogP contribution in [0.1, 0.15) is 30.9 Å². The summed E-state index contributed by atoms with van der Waals surface area (Å²) in [7, 11) is 1.79. The van der Waals surface area contributed by atoms with Crippen molar-refractivity contribution in [2.45, 2.75) is 33.2 Å². The van der Waals surface area contributed by atoms with E-state index in [-0.39, 0.29) is 35.9 Å². The van der Waals surface area contributed by atoms with Crippen LogP contribution < -0.4 is 5.32 Å². The number of esters is 1. The van der Waals surface area contributed by atoms with Crippen LogP contribution in [0.3, 0.4) is 0 Å². The zero-order chi connectivity index (χ0) is 16.7. The number of carbonyl (C=O) groups is 1. The van der Waals surface area contributed by atoms with Crippen LogP contribution in [0.15, 0.2) is 29.3 Å². The molecule has 1 aliphatic rings. The van der Waals surface area contributed by atoms with Gasteiger partial charge in [0.25, 0.3) is 0 Å². The fourth-order valence-corrected chi connectivity index (χ4v) is 2.94. The molecule has 1 unspecified atom stereocenters. The fraction of sp³-hybridized carbons (Fsp3) is 0.556. The van der Waals surface area contributed by atoms with E-state index in [1.165, 1.54) is 11.1 Å². The molecule has 0 aliphatic carbocycles. The first-order chi connectivity index (χ1) is 11.2. The number of piperidine rings is 1. The van der Waals surface area contributed by atoms with Crippen molar-refractivity contribution in [1.82, 2.24) is 10.2 Å². The number of nitrogens with one attached hydrogen (secondary N) is 1. The van der Waals surface area contributed by atoms with Crippen molar-refractivity contribution >= 4 is 35.9 Å². The highest BCUT2D eigenvalue weighted by molar-refractivity contribution is 14.0. The Hall–Kier alpha value is -1.31. The monoisotopic (exact) mass is 445 g/mol. The number of rotatable bonds is 4. The van der Waals surface area contributed by atoms with Crippen molar-refractivity contribution in [3.63, 3.8) is 0 Å². The zero-order valence-corrected chi connectivity index (χ0v) is 17.1. The van der Waals surface area contributed by atoms with Gasteiger partial charge in [-0.2, -0.15) is 0 Å². The molecular weight excluding hydrogens is 417 g/mol. The Morgan fingerprint density at radius 2 is 2.17 bits per heavy atom. The van der Waals surface area contributed by atoms with Crippen molar-refractivity contribution < 1.29 is 9.53 Å². The van der Waals surface area contributed by atoms with Gasteiger partial charge >= 0.3 is 5.97 Å². The van der Waals surface area contributed by atoms with E-state index in [9.17, 15) is 4.79 Å². The number of benzene rings is 1. The summed E-state index contributed by atoms with van der Waals surface area (Å²) in [5.41, 5.74) is 2.52. The van der Waals surface area contributed by atoms with Gasteiger partial charge in [-0.15, -0.1) is 24.0 Å². The van der Waals surface area contributed by atoms with E-state index in [2.05, 4.69) is 34.3 Å². The second kappa shape index (κ2) is 10.5. The lowest BCUT2D eigenvalue weighted by molar-refractivity contribution is -0.149. The van der Waals surface area contributed by atoms with Gasteiger partial charge in [-0.1, -0.05) is 24.3 Å². The molecule has 0 saturated carbocycles. The van der Waals surface area contributed by atoms with Crippen molar-refractivity contribution in [2.75, 3.05) is 26.7 Å². The Labute approximate surface area is 161 Å². The van der Waals surface area contributed by atoms with Crippen LogP contribution in [0.25, 0.3) is 0 Å². The average Bonchev–Trinajstić information content (AvgIpc) is 2.57. The summed E-state index contributed by atoms with van der Waals surface area (Å²) >= 11 is 0. The number of aliphatic imine (C=N–C) groups is 1. The van der Waals surface area contributed by atoms with Crippen LogP contribution in [0, 0.1) is 12.8 Å². The second-order valence-electron chi connectivity index (χ2n) is 5.86. The van der Waals surface area contributed by atoms with Crippen LogP contribution in [-0.2, 0) is 16.1 Å². The van der Waals surface area contributed by atoms with Gasteiger partial charge in [0.05, 0.1) is 12.5 Å². The molecule has 1 atom stereocenters. The van der Waals surface area contributed by atoms with Crippen molar-refractivity contribution in [2.24, 2.45) is 10.9 Å². The molecule has 1 aliphatic heterocycles. The van der Waals surface area contributed by atoms with E-state index in [1.54, 1.807) is 7.05 Å². The minimum Gasteiger partial charge on any atom is -0.466 e. The third-order valence-corrected chi connectivity index (χ3v) is 4.25. The van der Waals surface area contributed by atoms with Gasteiger partial charge in [-0.3, -0.25) is 9.79 Å². The SMILES string of the molecule is CCOC(=O)C1CCCN(C(=NC)NCc2ccccc2C)C1.I. The highest BCUT2D eigenvalue weighted by Gasteiger charge is 2.28. The normalized spacial score (nSPS) is 17.9. The summed E-state index contributed by atoms with van der Waals surface area (Å²) in [4.78, 5) is 18.5. The number of hydrogen-bond acceptors (Lipinski definition) is 3. The van der Waals surface area contributed by atoms with Gasteiger partial charge in [0, 0.05) is 26.7 Å². The number of aryl methyl sites for hydroxylation is 1. The second-order valence-corrected chi connectivity index (χ2v) is 5.86. The highest BCUT2D eigenvalue weighted by atomic mass is 127. The lowest BCUT2D eigenvalue weighted by Gasteiger charge is -2.34. The summed E-state index contributed by atoms with van der Waals surface area (Å²) in [6.45, 7) is 6.73. The molecule has 0 amide bonds. The predicted molar refractivity (Wildman–Crippen MR) is 108 cm³/mol. The lowest BCUT2D eigenvalue weighted by Crippen LogP contribution is -2.48. The Morgan fingerprint density at radius 3 is 2.83 bits per heavy atom. The predicted octanol–water partition coefficient (Wildman–Crippen LogP) is 2.96. The van der Waals surface area contributed by atoms with Crippen LogP contribution >= 0.6 is 24.0 Å². The van der Waals surface area contributed by atoms with Crippen molar-refractivity contribution in [1.29, 1.82) is 0 Å². The maximum atomic E-state index is 12.0. The first kappa shape index (κ1) is 20.7. The number of guanidine groups is 1. The van der Waals surface area contributed by atoms with E-state index in [0.29, 0.717) is 13.2 Å². The molecule has 1 fully saturated rings. The Morgan fingerprint density at radius 1 is 1.42 bits per heavy atom. The fourth-order valence-electron chi connectivity index (χ4n) is 2.94. The van der Waals surface area contributed by atoms with Gasteiger partial charge in [0.15, 0.2) is 5.96 Å². The van der Waals surface area contributed by atoms with E-state index >= 15 is 0 Å². The highest BCUT2D eigenvalue weighted by Crippen LogP contribution is 2.18. The number of ether oxygens (including phenoxy) is 1. The number of carbonyl (C=O) groups excluding carboxylic acids is 1. The van der Waals surface area contributed by atoms with E-state index < -0.39 is 0 Å². The quantitative estimate of drug-likeness (QED) is 0.335. The average molecular weight is 445 g/mol. The van der Waals surface area contributed by atoms with Gasteiger partial charge in [0.2, 0.25) is 0 Å². The Balaban J connectivity index is 0.00000288. The molecule has 0 spiro atoms. The number of hydrogen-bond donors (Lipinski definition) is 1. The smallest absolute Gasteiger partial charge is 0.310 e. The maximum absolute atomic E-state index is 12.0. The van der Waals surface area contributed by atoms with E-state index in [1.807, 2.05) is 19.1 Å². The van der Waals surface area contributed by atoms with Crippen LogP contribution in [0.2, 0.25) is 0 Å². The summed E-state index contributed by atoms with van der Waals surface area (Å²) in [6.07, 6.45) is 1.87. The molecular formula is C18H28IN3O2. The van der Waals surface area contributed by atoms with E-state index in [4.69, 9.17) is 4.74 Å². The molecule has 0 bridgehead atoms. The summed E-state index contributed by atoms with van der Waals surface area (Å²) < 4.78 is 5.16. The molecule has 5 nitrogen and oxygen atoms in total. The summed E-state index contributed by atoms with van der Waals surface area (Å²) in [6, 6.07) is 8.32. The molecule has 6 heteroatoms. The van der Waals surface area contributed by atoms with Crippen molar-refractivity contribution in [3.05, 3.63) is 35.4 Å². The number of nitrogens with zero attached hydrogens (tertiary/aromatic N) is 2. The zero-order valence-electron chi connectivity index (χ0n) is 14.7. The third-order valence-electron chi connectivity index (χ3n) is 4.25. The first-order valence-electron chi connectivity index (χ1n) is 8.32. The topological polar surface area (TPSA) is 53.9 Å². The van der Waals surface area contributed by atoms with Gasteiger partial charge in [0.1, 0.15) is 0 Å². The minimum atomic E-state index is -0.0912. The molecule has 1 saturated heterocycles. The molecule has 1 heterocycles. The molecule has 0 radical (unpaired) electrons. The van der Waals surface area contributed by atoms with Gasteiger partial charge in [-0.25, -0.2) is 0 Å². The lowest BCUT2D eigenvalue weighted by atomic mass is 9.98. The molecule has 0 aromatic heterocycles. The molecule has 1 N–H and O–H groups in total. The molecule has 134 valence electrons. The molecule has 1 aromatic rings. The molecule has 2 rings (SSSR count). The van der Waals surface area contributed by atoms with Crippen molar-refractivity contribution in [3.8, 4) is 0 Å². The minimum absolute atomic E-state index is 0. The van der Waals surface area contributed by atoms with Crippen LogP contribution in [0.4, 0.5) is 0 Å². The third kappa shape index (κ3) is 5.65. The largest absolute Gasteiger partial charge is 0.466 e. The summed E-state index contributed by atoms with van der Waals surface area (Å²) in [5.74, 6) is 0.703. The Kier molecular flexibility index (Phi) is 9.10. The number of likely N-dealkylation sites (tertiary alicyclic amines) is 1. The van der Waals surface area contributed by atoms with Gasteiger partial charge < -0.3 is 15.0 Å². The van der Waals surface area contributed by atoms with E-state index in [0.717, 1.165) is 31.9 Å². The molecule has 1 aromatic carbocycles. The van der Waals surface area contributed by atoms with Gasteiger partial charge in [-0.05, 0) is 37.8 Å². The standard InChI is InChI=1S/C18H27N3O2.HI/c1-4-23-17(22)16-10-7-11-21(13-16)18(19-3)20-12-15-9-6-5-8-14(15)2;/h5-6,8-9,16H,4,7,10-13H2,1-3H3,(H,19,20);1H. The first-order valence-corrected chi connectivity index (χ1v) is 8.32. The maximum Gasteiger partial charge on any atom is 0.310 e. The Bertz CT molecular complexity index is 563.